The molecule has 0 atom stereocenters. The fraction of sp³-hybridized carbons (Fsp3) is 0.0455. The second-order valence-corrected chi connectivity index (χ2v) is 7.86. The summed E-state index contributed by atoms with van der Waals surface area (Å²) in [5.41, 5.74) is 10.1. The SMILES string of the molecule is Cc1nnc2sc(C(=O)Nc3ccc(Cl)cc3)c(N)c2c1/C=C/c1ccccc1. The van der Waals surface area contributed by atoms with Gasteiger partial charge in [0.05, 0.1) is 11.4 Å². The van der Waals surface area contributed by atoms with Gasteiger partial charge in [0, 0.05) is 21.7 Å². The zero-order valence-electron chi connectivity index (χ0n) is 15.5. The van der Waals surface area contributed by atoms with Crippen LogP contribution in [0.5, 0.6) is 0 Å². The molecule has 4 rings (SSSR count). The van der Waals surface area contributed by atoms with Crippen LogP contribution in [0, 0.1) is 6.92 Å². The number of anilines is 2. The average molecular weight is 421 g/mol. The number of thiophene rings is 1. The van der Waals surface area contributed by atoms with Crippen molar-refractivity contribution < 1.29 is 4.79 Å². The number of hydrogen-bond donors (Lipinski definition) is 2. The summed E-state index contributed by atoms with van der Waals surface area (Å²) >= 11 is 7.13. The molecule has 0 aliphatic heterocycles. The van der Waals surface area contributed by atoms with Gasteiger partial charge in [-0.3, -0.25) is 4.79 Å². The normalized spacial score (nSPS) is 11.2. The van der Waals surface area contributed by atoms with Gasteiger partial charge in [-0.1, -0.05) is 54.1 Å². The lowest BCUT2D eigenvalue weighted by molar-refractivity contribution is 0.103. The molecule has 0 saturated carbocycles. The number of aryl methyl sites for hydroxylation is 1. The largest absolute Gasteiger partial charge is 0.397 e. The molecule has 0 aliphatic rings. The number of carbonyl (C=O) groups excluding carboxylic acids is 1. The predicted octanol–water partition coefficient (Wildman–Crippen LogP) is 5.66. The first-order valence-corrected chi connectivity index (χ1v) is 10.1. The number of carbonyl (C=O) groups is 1. The van der Waals surface area contributed by atoms with Crippen molar-refractivity contribution in [1.29, 1.82) is 0 Å². The van der Waals surface area contributed by atoms with Crippen LogP contribution in [0.3, 0.4) is 0 Å². The molecule has 2 aromatic carbocycles. The van der Waals surface area contributed by atoms with Gasteiger partial charge < -0.3 is 11.1 Å². The van der Waals surface area contributed by atoms with E-state index in [1.54, 1.807) is 24.3 Å². The van der Waals surface area contributed by atoms with Crippen LogP contribution in [0.25, 0.3) is 22.4 Å². The molecule has 2 heterocycles. The molecule has 0 spiro atoms. The van der Waals surface area contributed by atoms with Crippen LogP contribution >= 0.6 is 22.9 Å². The van der Waals surface area contributed by atoms with Crippen LogP contribution in [0.1, 0.15) is 26.5 Å². The van der Waals surface area contributed by atoms with Crippen molar-refractivity contribution in [2.24, 2.45) is 0 Å². The van der Waals surface area contributed by atoms with Gasteiger partial charge in [-0.15, -0.1) is 16.4 Å². The van der Waals surface area contributed by atoms with Gasteiger partial charge in [0.2, 0.25) is 0 Å². The third-order valence-electron chi connectivity index (χ3n) is 4.43. The molecule has 0 fully saturated rings. The van der Waals surface area contributed by atoms with Gasteiger partial charge in [0.15, 0.2) is 0 Å². The minimum absolute atomic E-state index is 0.288. The highest BCUT2D eigenvalue weighted by atomic mass is 35.5. The van der Waals surface area contributed by atoms with Crippen molar-refractivity contribution in [3.8, 4) is 0 Å². The van der Waals surface area contributed by atoms with Crippen molar-refractivity contribution in [1.82, 2.24) is 10.2 Å². The van der Waals surface area contributed by atoms with E-state index >= 15 is 0 Å². The maximum absolute atomic E-state index is 12.8. The van der Waals surface area contributed by atoms with E-state index in [0.29, 0.717) is 26.1 Å². The third-order valence-corrected chi connectivity index (χ3v) is 5.77. The second kappa shape index (κ2) is 8.03. The first-order chi connectivity index (χ1) is 14.0. The molecule has 0 aliphatic carbocycles. The summed E-state index contributed by atoms with van der Waals surface area (Å²) in [4.78, 5) is 13.8. The summed E-state index contributed by atoms with van der Waals surface area (Å²) in [7, 11) is 0. The number of hydrogen-bond acceptors (Lipinski definition) is 5. The molecule has 0 bridgehead atoms. The van der Waals surface area contributed by atoms with E-state index in [4.69, 9.17) is 17.3 Å². The first kappa shape index (κ1) is 19.1. The average Bonchev–Trinajstić information content (AvgIpc) is 3.07. The van der Waals surface area contributed by atoms with Gasteiger partial charge in [-0.25, -0.2) is 0 Å². The molecule has 1 amide bonds. The Bertz CT molecular complexity index is 1220. The van der Waals surface area contributed by atoms with Crippen LogP contribution in [-0.4, -0.2) is 16.1 Å². The summed E-state index contributed by atoms with van der Waals surface area (Å²) < 4.78 is 0. The van der Waals surface area contributed by atoms with Crippen LogP contribution < -0.4 is 11.1 Å². The molecule has 7 heteroatoms. The number of benzene rings is 2. The van der Waals surface area contributed by atoms with Crippen molar-refractivity contribution in [3.63, 3.8) is 0 Å². The fourth-order valence-electron chi connectivity index (χ4n) is 2.95. The Morgan fingerprint density at radius 1 is 1.07 bits per heavy atom. The van der Waals surface area contributed by atoms with Crippen LogP contribution in [0.2, 0.25) is 5.02 Å². The van der Waals surface area contributed by atoms with E-state index in [2.05, 4.69) is 15.5 Å². The number of aromatic nitrogens is 2. The number of amides is 1. The lowest BCUT2D eigenvalue weighted by atomic mass is 10.1. The smallest absolute Gasteiger partial charge is 0.267 e. The number of nitrogen functional groups attached to an aromatic ring is 1. The Morgan fingerprint density at radius 3 is 2.52 bits per heavy atom. The Hall–Kier alpha value is -3.22. The van der Waals surface area contributed by atoms with E-state index in [1.807, 2.05) is 49.4 Å². The third kappa shape index (κ3) is 3.99. The van der Waals surface area contributed by atoms with Crippen LogP contribution in [-0.2, 0) is 0 Å². The maximum atomic E-state index is 12.8. The van der Waals surface area contributed by atoms with Crippen LogP contribution in [0.4, 0.5) is 11.4 Å². The Morgan fingerprint density at radius 2 is 1.79 bits per heavy atom. The summed E-state index contributed by atoms with van der Waals surface area (Å²) in [5, 5.41) is 12.7. The zero-order valence-corrected chi connectivity index (χ0v) is 17.1. The Labute approximate surface area is 176 Å². The van der Waals surface area contributed by atoms with E-state index < -0.39 is 0 Å². The molecule has 3 N–H and O–H groups in total. The Balaban J connectivity index is 1.72. The lowest BCUT2D eigenvalue weighted by Crippen LogP contribution is -2.11. The molecule has 2 aromatic heterocycles. The second-order valence-electron chi connectivity index (χ2n) is 6.43. The lowest BCUT2D eigenvalue weighted by Gasteiger charge is -2.05. The summed E-state index contributed by atoms with van der Waals surface area (Å²) in [6.45, 7) is 1.88. The number of fused-ring (bicyclic) bond motifs is 1. The van der Waals surface area contributed by atoms with Crippen LogP contribution in [0.15, 0.2) is 54.6 Å². The van der Waals surface area contributed by atoms with Crippen molar-refractivity contribution in [2.45, 2.75) is 6.92 Å². The van der Waals surface area contributed by atoms with Gasteiger partial charge in [0.25, 0.3) is 5.91 Å². The number of halogens is 1. The molecule has 0 unspecified atom stereocenters. The minimum atomic E-state index is -0.288. The van der Waals surface area contributed by atoms with Crippen molar-refractivity contribution in [2.75, 3.05) is 11.1 Å². The maximum Gasteiger partial charge on any atom is 0.267 e. The van der Waals surface area contributed by atoms with Gasteiger partial charge in [-0.2, -0.15) is 5.10 Å². The van der Waals surface area contributed by atoms with Crippen molar-refractivity contribution >= 4 is 62.6 Å². The highest BCUT2D eigenvalue weighted by Crippen LogP contribution is 2.36. The fourth-order valence-corrected chi connectivity index (χ4v) is 4.03. The molecule has 144 valence electrons. The number of rotatable bonds is 4. The molecule has 29 heavy (non-hydrogen) atoms. The molecular formula is C22H17ClN4OS. The topological polar surface area (TPSA) is 80.9 Å². The van der Waals surface area contributed by atoms with Gasteiger partial charge >= 0.3 is 0 Å². The van der Waals surface area contributed by atoms with E-state index in [0.717, 1.165) is 22.2 Å². The summed E-state index contributed by atoms with van der Waals surface area (Å²) in [6.07, 6.45) is 3.96. The van der Waals surface area contributed by atoms with Gasteiger partial charge in [0.1, 0.15) is 9.71 Å². The van der Waals surface area contributed by atoms with E-state index in [-0.39, 0.29) is 5.91 Å². The summed E-state index contributed by atoms with van der Waals surface area (Å²) in [5.74, 6) is -0.288. The van der Waals surface area contributed by atoms with E-state index in [1.165, 1.54) is 11.3 Å². The van der Waals surface area contributed by atoms with Crippen molar-refractivity contribution in [3.05, 3.63) is 81.3 Å². The zero-order chi connectivity index (χ0) is 20.4. The highest BCUT2D eigenvalue weighted by Gasteiger charge is 2.20. The predicted molar refractivity (Wildman–Crippen MR) is 121 cm³/mol. The number of nitrogens with zero attached hydrogens (tertiary/aromatic N) is 2. The monoisotopic (exact) mass is 420 g/mol. The minimum Gasteiger partial charge on any atom is -0.397 e. The summed E-state index contributed by atoms with van der Waals surface area (Å²) in [6, 6.07) is 16.9. The standard InChI is InChI=1S/C22H17ClN4OS/c1-13-17(12-7-14-5-3-2-4-6-14)18-19(24)20(29-22(18)27-26-13)21(28)25-16-10-8-15(23)9-11-16/h2-12H,24H2,1H3,(H,25,28)/b12-7+. The molecule has 0 radical (unpaired) electrons. The quantitative estimate of drug-likeness (QED) is 0.446. The first-order valence-electron chi connectivity index (χ1n) is 8.88. The van der Waals surface area contributed by atoms with Gasteiger partial charge in [-0.05, 0) is 36.8 Å². The number of nitrogens with one attached hydrogen (secondary N) is 1. The Kier molecular flexibility index (Phi) is 5.29. The molecule has 4 aromatic rings. The molecule has 5 nitrogen and oxygen atoms in total. The highest BCUT2D eigenvalue weighted by molar-refractivity contribution is 7.21. The molecular weight excluding hydrogens is 404 g/mol. The van der Waals surface area contributed by atoms with E-state index in [9.17, 15) is 4.79 Å². The number of nitrogens with two attached hydrogens (primary N) is 1. The molecule has 0 saturated heterocycles.